The van der Waals surface area contributed by atoms with Gasteiger partial charge in [-0.3, -0.25) is 9.80 Å². The molecular weight excluding hydrogens is 372 g/mol. The fourth-order valence-electron chi connectivity index (χ4n) is 3.84. The van der Waals surface area contributed by atoms with Crippen LogP contribution in [0, 0.1) is 6.92 Å². The lowest BCUT2D eigenvalue weighted by Gasteiger charge is -2.40. The number of aromatic nitrogens is 1. The average molecular weight is 415 g/mol. The molecule has 0 unspecified atom stereocenters. The Hall–Kier alpha value is -1.99. The quantitative estimate of drug-likeness (QED) is 0.715. The maximum Gasteiger partial charge on any atom is 0.123 e. The van der Waals surface area contributed by atoms with Crippen molar-refractivity contribution in [2.45, 2.75) is 39.7 Å². The number of likely N-dealkylation sites (tertiary alicyclic amines) is 1. The zero-order chi connectivity index (χ0) is 21.8. The van der Waals surface area contributed by atoms with Crippen LogP contribution >= 0.6 is 0 Å². The van der Waals surface area contributed by atoms with E-state index in [-0.39, 0.29) is 1.43 Å². The molecule has 0 radical (unpaired) electrons. The molecule has 168 valence electrons. The minimum absolute atomic E-state index is 0. The van der Waals surface area contributed by atoms with Crippen molar-refractivity contribution >= 4 is 5.82 Å². The minimum atomic E-state index is 0. The number of pyridine rings is 1. The van der Waals surface area contributed by atoms with Crippen molar-refractivity contribution in [3.05, 3.63) is 48.2 Å². The SMILES string of the molecule is CC.Cc1ccc(-c2ccc(N)nc2)cc1.NCN1CCC(N2CCNCC2)CC1.[HH]. The van der Waals surface area contributed by atoms with Crippen LogP contribution in [-0.4, -0.2) is 66.8 Å². The minimum Gasteiger partial charge on any atom is -0.384 e. The Morgan fingerprint density at radius 2 is 1.57 bits per heavy atom. The molecule has 0 aliphatic carbocycles. The molecule has 1 aromatic carbocycles. The first kappa shape index (κ1) is 24.3. The third-order valence-corrected chi connectivity index (χ3v) is 5.65. The molecule has 0 amide bonds. The first-order valence-corrected chi connectivity index (χ1v) is 11.3. The maximum absolute atomic E-state index is 5.63. The van der Waals surface area contributed by atoms with Crippen LogP contribution in [0.1, 0.15) is 33.7 Å². The molecule has 0 atom stereocenters. The number of aryl methyl sites for hydroxylation is 1. The highest BCUT2D eigenvalue weighted by Crippen LogP contribution is 2.19. The highest BCUT2D eigenvalue weighted by molar-refractivity contribution is 5.63. The van der Waals surface area contributed by atoms with Gasteiger partial charge in [0.05, 0.1) is 0 Å². The second kappa shape index (κ2) is 13.3. The Bertz CT molecular complexity index is 650. The Balaban J connectivity index is 0.000000279. The van der Waals surface area contributed by atoms with Gasteiger partial charge in [0.2, 0.25) is 0 Å². The largest absolute Gasteiger partial charge is 0.384 e. The first-order chi connectivity index (χ1) is 14.7. The summed E-state index contributed by atoms with van der Waals surface area (Å²) < 4.78 is 0. The normalized spacial score (nSPS) is 18.0. The molecule has 2 aliphatic heterocycles. The van der Waals surface area contributed by atoms with E-state index in [1.165, 1.54) is 50.1 Å². The smallest absolute Gasteiger partial charge is 0.123 e. The van der Waals surface area contributed by atoms with Crippen molar-refractivity contribution in [3.63, 3.8) is 0 Å². The molecule has 6 heteroatoms. The number of nitrogen functional groups attached to an aromatic ring is 1. The van der Waals surface area contributed by atoms with Crippen LogP contribution in [0.2, 0.25) is 0 Å². The number of nitrogens with two attached hydrogens (primary N) is 2. The lowest BCUT2D eigenvalue weighted by molar-refractivity contribution is 0.0992. The Morgan fingerprint density at radius 3 is 2.10 bits per heavy atom. The summed E-state index contributed by atoms with van der Waals surface area (Å²) in [5.41, 5.74) is 14.7. The molecule has 2 fully saturated rings. The van der Waals surface area contributed by atoms with Crippen molar-refractivity contribution in [1.82, 2.24) is 20.1 Å². The van der Waals surface area contributed by atoms with E-state index in [0.717, 1.165) is 31.4 Å². The topological polar surface area (TPSA) is 83.4 Å². The highest BCUT2D eigenvalue weighted by Gasteiger charge is 2.24. The summed E-state index contributed by atoms with van der Waals surface area (Å²) in [6, 6.07) is 13.0. The van der Waals surface area contributed by atoms with E-state index in [4.69, 9.17) is 11.5 Å². The molecule has 30 heavy (non-hydrogen) atoms. The summed E-state index contributed by atoms with van der Waals surface area (Å²) in [6.45, 7) is 14.0. The number of benzene rings is 1. The molecule has 0 saturated carbocycles. The monoisotopic (exact) mass is 414 g/mol. The second-order valence-corrected chi connectivity index (χ2v) is 7.66. The summed E-state index contributed by atoms with van der Waals surface area (Å²) in [7, 11) is 0. The van der Waals surface area contributed by atoms with E-state index in [1.54, 1.807) is 6.20 Å². The van der Waals surface area contributed by atoms with E-state index in [9.17, 15) is 0 Å². The molecule has 2 aromatic rings. The van der Waals surface area contributed by atoms with Gasteiger partial charge < -0.3 is 16.8 Å². The van der Waals surface area contributed by atoms with E-state index < -0.39 is 0 Å². The number of rotatable bonds is 3. The standard InChI is InChI=1S/C12H12N2.C10H22N4.C2H6.H2/c1-9-2-4-10(5-3-9)11-6-7-12(13)14-8-11;11-9-13-5-1-10(2-6-13)14-7-3-12-4-8-14;1-2;/h2-8H,1H3,(H2,13,14);10,12H,1-9,11H2;1-2H3;1H. The molecule has 1 aromatic heterocycles. The van der Waals surface area contributed by atoms with Gasteiger partial charge in [-0.2, -0.15) is 0 Å². The van der Waals surface area contributed by atoms with Crippen LogP contribution in [0.4, 0.5) is 5.82 Å². The van der Waals surface area contributed by atoms with Crippen LogP contribution in [0.3, 0.4) is 0 Å². The lowest BCUT2D eigenvalue weighted by Crippen LogP contribution is -2.52. The van der Waals surface area contributed by atoms with Crippen LogP contribution in [0.5, 0.6) is 0 Å². The van der Waals surface area contributed by atoms with Gasteiger partial charge in [0.1, 0.15) is 5.82 Å². The molecular formula is C24H42N6. The van der Waals surface area contributed by atoms with Crippen molar-refractivity contribution in [2.24, 2.45) is 5.73 Å². The van der Waals surface area contributed by atoms with E-state index in [2.05, 4.69) is 51.3 Å². The zero-order valence-electron chi connectivity index (χ0n) is 19.0. The van der Waals surface area contributed by atoms with E-state index in [1.807, 2.05) is 26.0 Å². The predicted molar refractivity (Wildman–Crippen MR) is 130 cm³/mol. The summed E-state index contributed by atoms with van der Waals surface area (Å²) in [6.07, 6.45) is 4.40. The molecule has 2 aliphatic rings. The molecule has 2 saturated heterocycles. The van der Waals surface area contributed by atoms with Crippen molar-refractivity contribution < 1.29 is 1.43 Å². The number of nitrogens with one attached hydrogen (secondary N) is 1. The molecule has 5 N–H and O–H groups in total. The molecule has 0 bridgehead atoms. The first-order valence-electron chi connectivity index (χ1n) is 11.3. The number of nitrogens with zero attached hydrogens (tertiary/aromatic N) is 3. The van der Waals surface area contributed by atoms with Crippen LogP contribution < -0.4 is 16.8 Å². The molecule has 4 rings (SSSR count). The maximum atomic E-state index is 5.63. The van der Waals surface area contributed by atoms with Crippen molar-refractivity contribution in [1.29, 1.82) is 0 Å². The van der Waals surface area contributed by atoms with Gasteiger partial charge in [-0.1, -0.05) is 43.7 Å². The molecule has 0 spiro atoms. The number of anilines is 1. The van der Waals surface area contributed by atoms with Crippen LogP contribution in [-0.2, 0) is 0 Å². The van der Waals surface area contributed by atoms with Gasteiger partial charge in [0, 0.05) is 65.2 Å². The Morgan fingerprint density at radius 1 is 0.967 bits per heavy atom. The van der Waals surface area contributed by atoms with Gasteiger partial charge in [0.15, 0.2) is 0 Å². The lowest BCUT2D eigenvalue weighted by atomic mass is 10.0. The number of hydrogen-bond donors (Lipinski definition) is 3. The number of hydrogen-bond acceptors (Lipinski definition) is 6. The van der Waals surface area contributed by atoms with Crippen LogP contribution in [0.25, 0.3) is 11.1 Å². The highest BCUT2D eigenvalue weighted by atomic mass is 15.2. The average Bonchev–Trinajstić information content (AvgIpc) is 2.83. The van der Waals surface area contributed by atoms with Gasteiger partial charge in [-0.05, 0) is 37.5 Å². The fraction of sp³-hybridized carbons (Fsp3) is 0.542. The van der Waals surface area contributed by atoms with Gasteiger partial charge in [0.25, 0.3) is 0 Å². The van der Waals surface area contributed by atoms with Gasteiger partial charge >= 0.3 is 0 Å². The van der Waals surface area contributed by atoms with Gasteiger partial charge in [-0.25, -0.2) is 4.98 Å². The Kier molecular flexibility index (Phi) is 10.8. The summed E-state index contributed by atoms with van der Waals surface area (Å²) in [4.78, 5) is 9.04. The summed E-state index contributed by atoms with van der Waals surface area (Å²) >= 11 is 0. The van der Waals surface area contributed by atoms with Gasteiger partial charge in [-0.15, -0.1) is 0 Å². The third kappa shape index (κ3) is 7.69. The summed E-state index contributed by atoms with van der Waals surface area (Å²) in [5.74, 6) is 0.556. The summed E-state index contributed by atoms with van der Waals surface area (Å²) in [5, 5.41) is 3.40. The molecule has 6 nitrogen and oxygen atoms in total. The predicted octanol–water partition coefficient (Wildman–Crippen LogP) is 3.18. The zero-order valence-corrected chi connectivity index (χ0v) is 19.0. The van der Waals surface area contributed by atoms with Crippen LogP contribution in [0.15, 0.2) is 42.6 Å². The third-order valence-electron chi connectivity index (χ3n) is 5.65. The number of piperazine rings is 1. The van der Waals surface area contributed by atoms with Crippen molar-refractivity contribution in [2.75, 3.05) is 51.7 Å². The second-order valence-electron chi connectivity index (χ2n) is 7.66. The van der Waals surface area contributed by atoms with E-state index >= 15 is 0 Å². The van der Waals surface area contributed by atoms with E-state index in [0.29, 0.717) is 5.82 Å². The number of piperidine rings is 1. The Labute approximate surface area is 184 Å². The molecule has 3 heterocycles. The van der Waals surface area contributed by atoms with Crippen molar-refractivity contribution in [3.8, 4) is 11.1 Å². The fourth-order valence-corrected chi connectivity index (χ4v) is 3.84.